The van der Waals surface area contributed by atoms with Crippen LogP contribution >= 0.6 is 0 Å². The smallest absolute Gasteiger partial charge is 0.303 e. The summed E-state index contributed by atoms with van der Waals surface area (Å²) in [6.07, 6.45) is 5.02. The van der Waals surface area contributed by atoms with E-state index in [1.165, 1.54) is 12.3 Å². The number of amidine groups is 1. The Morgan fingerprint density at radius 1 is 1.30 bits per heavy atom. The lowest BCUT2D eigenvalue weighted by Crippen LogP contribution is -2.37. The number of carboxylic acid groups (broad SMARTS) is 1. The molecule has 4 rings (SSSR count). The molecule has 0 radical (unpaired) electrons. The SMILES string of the molecule is O=C(O)CCc1ccc2c(n1)NC(=CC(=O)c1cccnc1)N1CCN=C21. The van der Waals surface area contributed by atoms with Crippen LogP contribution in [0, 0.1) is 0 Å². The van der Waals surface area contributed by atoms with E-state index in [2.05, 4.69) is 20.3 Å². The predicted octanol–water partition coefficient (Wildman–Crippen LogP) is 1.71. The van der Waals surface area contributed by atoms with E-state index in [-0.39, 0.29) is 12.2 Å². The molecule has 2 aliphatic heterocycles. The van der Waals surface area contributed by atoms with Crippen LogP contribution in [0.3, 0.4) is 0 Å². The topological polar surface area (TPSA) is 108 Å². The van der Waals surface area contributed by atoms with Crippen molar-refractivity contribution in [1.29, 1.82) is 0 Å². The van der Waals surface area contributed by atoms with Gasteiger partial charge in [0.2, 0.25) is 0 Å². The van der Waals surface area contributed by atoms with E-state index in [0.29, 0.717) is 42.4 Å². The molecule has 0 amide bonds. The highest BCUT2D eigenvalue weighted by atomic mass is 16.4. The average Bonchev–Trinajstić information content (AvgIpc) is 3.17. The number of allylic oxidation sites excluding steroid dienone is 1. The summed E-state index contributed by atoms with van der Waals surface area (Å²) in [5.41, 5.74) is 2.02. The van der Waals surface area contributed by atoms with Gasteiger partial charge in [-0.3, -0.25) is 19.6 Å². The Bertz CT molecular complexity index is 969. The number of aryl methyl sites for hydroxylation is 1. The summed E-state index contributed by atoms with van der Waals surface area (Å²) in [4.78, 5) is 38.3. The molecule has 2 N–H and O–H groups in total. The molecule has 2 aromatic heterocycles. The van der Waals surface area contributed by atoms with E-state index in [1.54, 1.807) is 18.3 Å². The predicted molar refractivity (Wildman–Crippen MR) is 98.6 cm³/mol. The number of rotatable bonds is 5. The van der Waals surface area contributed by atoms with Crippen LogP contribution in [-0.4, -0.2) is 50.7 Å². The summed E-state index contributed by atoms with van der Waals surface area (Å²) in [7, 11) is 0. The molecule has 8 heteroatoms. The van der Waals surface area contributed by atoms with E-state index in [4.69, 9.17) is 5.11 Å². The fourth-order valence-corrected chi connectivity index (χ4v) is 3.08. The van der Waals surface area contributed by atoms with Crippen molar-refractivity contribution < 1.29 is 14.7 Å². The van der Waals surface area contributed by atoms with Crippen LogP contribution in [0.5, 0.6) is 0 Å². The van der Waals surface area contributed by atoms with Crippen molar-refractivity contribution >= 4 is 23.4 Å². The van der Waals surface area contributed by atoms with Crippen molar-refractivity contribution in [3.63, 3.8) is 0 Å². The number of nitrogens with zero attached hydrogens (tertiary/aromatic N) is 4. The monoisotopic (exact) mass is 363 g/mol. The zero-order valence-electron chi connectivity index (χ0n) is 14.4. The van der Waals surface area contributed by atoms with Crippen LogP contribution in [0.25, 0.3) is 0 Å². The van der Waals surface area contributed by atoms with Gasteiger partial charge in [0.1, 0.15) is 17.5 Å². The third kappa shape index (κ3) is 3.41. The first-order chi connectivity index (χ1) is 13.1. The Morgan fingerprint density at radius 2 is 2.19 bits per heavy atom. The molecule has 27 heavy (non-hydrogen) atoms. The maximum atomic E-state index is 12.5. The van der Waals surface area contributed by atoms with Crippen LogP contribution in [0.15, 0.2) is 53.5 Å². The van der Waals surface area contributed by atoms with Crippen molar-refractivity contribution in [2.75, 3.05) is 18.4 Å². The van der Waals surface area contributed by atoms with Crippen LogP contribution < -0.4 is 5.32 Å². The first-order valence-electron chi connectivity index (χ1n) is 8.59. The zero-order chi connectivity index (χ0) is 18.8. The highest BCUT2D eigenvalue weighted by molar-refractivity contribution is 6.09. The Labute approximate surface area is 155 Å². The number of hydrogen-bond acceptors (Lipinski definition) is 7. The van der Waals surface area contributed by atoms with Crippen molar-refractivity contribution in [2.45, 2.75) is 12.8 Å². The second-order valence-corrected chi connectivity index (χ2v) is 6.21. The number of ketones is 1. The molecule has 2 aromatic rings. The number of carbonyl (C=O) groups excluding carboxylic acids is 1. The van der Waals surface area contributed by atoms with Gasteiger partial charge < -0.3 is 15.3 Å². The van der Waals surface area contributed by atoms with Gasteiger partial charge in [0.25, 0.3) is 0 Å². The maximum Gasteiger partial charge on any atom is 0.303 e. The molecule has 0 aromatic carbocycles. The normalized spacial score (nSPS) is 16.4. The number of anilines is 1. The summed E-state index contributed by atoms with van der Waals surface area (Å²) in [5.74, 6) is 0.931. The Balaban J connectivity index is 1.66. The highest BCUT2D eigenvalue weighted by Crippen LogP contribution is 2.29. The van der Waals surface area contributed by atoms with Crippen LogP contribution in [0.2, 0.25) is 0 Å². The van der Waals surface area contributed by atoms with Crippen LogP contribution in [-0.2, 0) is 11.2 Å². The first kappa shape index (κ1) is 16.9. The summed E-state index contributed by atoms with van der Waals surface area (Å²) in [5, 5.41) is 12.1. The molecular formula is C19H17N5O3. The third-order valence-corrected chi connectivity index (χ3v) is 4.38. The second kappa shape index (κ2) is 6.99. The van der Waals surface area contributed by atoms with Gasteiger partial charge in [-0.2, -0.15) is 0 Å². The molecule has 0 spiro atoms. The van der Waals surface area contributed by atoms with E-state index in [0.717, 1.165) is 11.4 Å². The molecule has 0 aliphatic carbocycles. The number of fused-ring (bicyclic) bond motifs is 3. The molecule has 4 heterocycles. The molecule has 2 aliphatic rings. The lowest BCUT2D eigenvalue weighted by atomic mass is 10.1. The van der Waals surface area contributed by atoms with Crippen molar-refractivity contribution in [1.82, 2.24) is 14.9 Å². The third-order valence-electron chi connectivity index (χ3n) is 4.38. The quantitative estimate of drug-likeness (QED) is 0.615. The van der Waals surface area contributed by atoms with Gasteiger partial charge in [0, 0.05) is 42.7 Å². The number of nitrogens with one attached hydrogen (secondary N) is 1. The molecule has 0 unspecified atom stereocenters. The summed E-state index contributed by atoms with van der Waals surface area (Å²) < 4.78 is 0. The molecule has 0 saturated carbocycles. The molecule has 0 saturated heterocycles. The molecule has 0 fully saturated rings. The molecule has 0 bridgehead atoms. The number of aliphatic imine (C=N–C) groups is 1. The molecule has 136 valence electrons. The number of pyridine rings is 2. The van der Waals surface area contributed by atoms with Crippen molar-refractivity contribution in [2.24, 2.45) is 4.99 Å². The number of carboxylic acids is 1. The first-order valence-corrected chi connectivity index (χ1v) is 8.59. The van der Waals surface area contributed by atoms with E-state index in [9.17, 15) is 9.59 Å². The second-order valence-electron chi connectivity index (χ2n) is 6.21. The minimum atomic E-state index is -0.864. The zero-order valence-corrected chi connectivity index (χ0v) is 14.4. The Morgan fingerprint density at radius 3 is 2.96 bits per heavy atom. The van der Waals surface area contributed by atoms with E-state index in [1.807, 2.05) is 17.0 Å². The van der Waals surface area contributed by atoms with Gasteiger partial charge in [-0.05, 0) is 24.3 Å². The minimum Gasteiger partial charge on any atom is -0.481 e. The number of hydrogen-bond donors (Lipinski definition) is 2. The van der Waals surface area contributed by atoms with E-state index < -0.39 is 5.97 Å². The maximum absolute atomic E-state index is 12.5. The number of aromatic nitrogens is 2. The van der Waals surface area contributed by atoms with Gasteiger partial charge in [-0.15, -0.1) is 0 Å². The molecule has 0 atom stereocenters. The summed E-state index contributed by atoms with van der Waals surface area (Å²) >= 11 is 0. The molecule has 8 nitrogen and oxygen atoms in total. The molecular weight excluding hydrogens is 346 g/mol. The number of carbonyl (C=O) groups is 2. The average molecular weight is 363 g/mol. The fourth-order valence-electron chi connectivity index (χ4n) is 3.08. The summed E-state index contributed by atoms with van der Waals surface area (Å²) in [6.45, 7) is 1.31. The standard InChI is InChI=1S/C19H17N5O3/c25-15(12-2-1-7-20-11-12)10-16-23-18-14(19-21-8-9-24(16)19)5-3-13(22-18)4-6-17(26)27/h1-3,5,7,10-11H,4,6,8-9H2,(H,22,23)(H,26,27). The minimum absolute atomic E-state index is 0.0149. The largest absolute Gasteiger partial charge is 0.481 e. The van der Waals surface area contributed by atoms with Gasteiger partial charge in [-0.1, -0.05) is 0 Å². The Kier molecular flexibility index (Phi) is 4.37. The fraction of sp³-hybridized carbons (Fsp3) is 0.211. The highest BCUT2D eigenvalue weighted by Gasteiger charge is 2.30. The van der Waals surface area contributed by atoms with Gasteiger partial charge in [0.05, 0.1) is 18.5 Å². The van der Waals surface area contributed by atoms with Crippen molar-refractivity contribution in [3.05, 3.63) is 65.4 Å². The van der Waals surface area contributed by atoms with Gasteiger partial charge >= 0.3 is 5.97 Å². The lowest BCUT2D eigenvalue weighted by molar-refractivity contribution is -0.136. The van der Waals surface area contributed by atoms with Gasteiger partial charge in [0.15, 0.2) is 5.78 Å². The van der Waals surface area contributed by atoms with E-state index >= 15 is 0 Å². The van der Waals surface area contributed by atoms with Crippen LogP contribution in [0.1, 0.15) is 28.0 Å². The number of aliphatic carboxylic acids is 1. The van der Waals surface area contributed by atoms with Crippen molar-refractivity contribution in [3.8, 4) is 0 Å². The Hall–Kier alpha value is -3.55. The van der Waals surface area contributed by atoms with Crippen LogP contribution in [0.4, 0.5) is 5.82 Å². The summed E-state index contributed by atoms with van der Waals surface area (Å²) in [6, 6.07) is 7.14. The lowest BCUT2D eigenvalue weighted by Gasteiger charge is -2.30. The van der Waals surface area contributed by atoms with Gasteiger partial charge in [-0.25, -0.2) is 4.98 Å².